The number of aliphatic carboxylic acids is 1. The molecule has 9 heteroatoms. The van der Waals surface area contributed by atoms with Gasteiger partial charge in [0, 0.05) is 0 Å². The van der Waals surface area contributed by atoms with Crippen LogP contribution >= 0.6 is 22.6 Å². The molecular formula is C22H21IN2O6. The highest BCUT2D eigenvalue weighted by Crippen LogP contribution is 2.35. The smallest absolute Gasteiger partial charge is 0.341 e. The maximum atomic E-state index is 12.8. The first-order valence-electron chi connectivity index (χ1n) is 9.49. The zero-order valence-corrected chi connectivity index (χ0v) is 19.1. The van der Waals surface area contributed by atoms with E-state index in [-0.39, 0.29) is 12.2 Å². The molecule has 31 heavy (non-hydrogen) atoms. The number of imide groups is 1. The average Bonchev–Trinajstić information content (AvgIpc) is 2.96. The Balaban J connectivity index is 1.85. The fourth-order valence-electron chi connectivity index (χ4n) is 2.97. The number of carbonyl (C=O) groups is 3. The predicted molar refractivity (Wildman–Crippen MR) is 122 cm³/mol. The van der Waals surface area contributed by atoms with E-state index < -0.39 is 24.5 Å². The molecule has 0 radical (unpaired) electrons. The number of urea groups is 1. The molecule has 2 aromatic carbocycles. The minimum Gasteiger partial charge on any atom is -0.490 e. The molecule has 0 unspecified atom stereocenters. The lowest BCUT2D eigenvalue weighted by molar-refractivity contribution is -0.139. The van der Waals surface area contributed by atoms with Gasteiger partial charge in [-0.15, -0.1) is 0 Å². The lowest BCUT2D eigenvalue weighted by atomic mass is 10.1. The second-order valence-corrected chi connectivity index (χ2v) is 7.97. The second kappa shape index (κ2) is 9.82. The van der Waals surface area contributed by atoms with E-state index in [1.807, 2.05) is 53.8 Å². The number of halogens is 1. The Hall–Kier alpha value is -3.08. The summed E-state index contributed by atoms with van der Waals surface area (Å²) < 4.78 is 11.5. The number of hydrogen-bond acceptors (Lipinski definition) is 5. The van der Waals surface area contributed by atoms with Gasteiger partial charge < -0.3 is 19.9 Å². The molecule has 1 saturated heterocycles. The van der Waals surface area contributed by atoms with Crippen LogP contribution < -0.4 is 14.8 Å². The Morgan fingerprint density at radius 1 is 1.19 bits per heavy atom. The minimum absolute atomic E-state index is 0.148. The van der Waals surface area contributed by atoms with E-state index in [2.05, 4.69) is 5.32 Å². The first-order chi connectivity index (χ1) is 14.8. The maximum Gasteiger partial charge on any atom is 0.341 e. The molecule has 2 N–H and O–H groups in total. The maximum absolute atomic E-state index is 12.8. The fourth-order valence-corrected chi connectivity index (χ4v) is 3.75. The van der Waals surface area contributed by atoms with E-state index in [0.29, 0.717) is 27.2 Å². The Morgan fingerprint density at radius 3 is 2.55 bits per heavy atom. The fraction of sp³-hybridized carbons (Fsp3) is 0.227. The lowest BCUT2D eigenvalue weighted by Crippen LogP contribution is -2.30. The third-order valence-electron chi connectivity index (χ3n) is 4.41. The van der Waals surface area contributed by atoms with Crippen molar-refractivity contribution in [2.45, 2.75) is 20.4 Å². The first kappa shape index (κ1) is 22.6. The summed E-state index contributed by atoms with van der Waals surface area (Å²) in [7, 11) is 0. The number of carboxylic acid groups (broad SMARTS) is 1. The number of hydrogen-bond donors (Lipinski definition) is 2. The number of benzene rings is 2. The van der Waals surface area contributed by atoms with Crippen molar-refractivity contribution in [3.63, 3.8) is 0 Å². The van der Waals surface area contributed by atoms with E-state index >= 15 is 0 Å². The molecule has 0 saturated carbocycles. The van der Waals surface area contributed by atoms with Gasteiger partial charge in [0.1, 0.15) is 5.70 Å². The number of nitrogens with one attached hydrogen (secondary N) is 1. The van der Waals surface area contributed by atoms with Gasteiger partial charge in [-0.25, -0.2) is 9.59 Å². The molecule has 3 rings (SSSR count). The largest absolute Gasteiger partial charge is 0.490 e. The van der Waals surface area contributed by atoms with Gasteiger partial charge in [0.05, 0.1) is 16.7 Å². The van der Waals surface area contributed by atoms with Crippen LogP contribution in [0, 0.1) is 10.5 Å². The summed E-state index contributed by atoms with van der Waals surface area (Å²) in [6.07, 6.45) is 1.56. The van der Waals surface area contributed by atoms with Crippen LogP contribution in [-0.2, 0) is 16.1 Å². The number of amides is 3. The van der Waals surface area contributed by atoms with Crippen molar-refractivity contribution in [3.05, 3.63) is 62.4 Å². The van der Waals surface area contributed by atoms with Crippen molar-refractivity contribution in [2.24, 2.45) is 0 Å². The first-order valence-corrected chi connectivity index (χ1v) is 10.6. The van der Waals surface area contributed by atoms with E-state index in [1.165, 1.54) is 0 Å². The van der Waals surface area contributed by atoms with E-state index in [0.717, 1.165) is 16.0 Å². The van der Waals surface area contributed by atoms with Crippen molar-refractivity contribution in [1.29, 1.82) is 0 Å². The van der Waals surface area contributed by atoms with Gasteiger partial charge in [0.15, 0.2) is 18.1 Å². The van der Waals surface area contributed by atoms with Crippen LogP contribution in [0.4, 0.5) is 4.79 Å². The van der Waals surface area contributed by atoms with Crippen LogP contribution in [0.3, 0.4) is 0 Å². The molecule has 2 aromatic rings. The molecule has 3 amide bonds. The van der Waals surface area contributed by atoms with Gasteiger partial charge in [-0.2, -0.15) is 0 Å². The average molecular weight is 536 g/mol. The number of carbonyl (C=O) groups excluding carboxylic acids is 2. The molecule has 0 bridgehead atoms. The van der Waals surface area contributed by atoms with Crippen molar-refractivity contribution >= 4 is 46.6 Å². The predicted octanol–water partition coefficient (Wildman–Crippen LogP) is 3.55. The normalized spacial score (nSPS) is 14.7. The quantitative estimate of drug-likeness (QED) is 0.304. The van der Waals surface area contributed by atoms with Crippen LogP contribution in [0.5, 0.6) is 11.5 Å². The highest BCUT2D eigenvalue weighted by Gasteiger charge is 2.33. The number of carboxylic acids is 1. The summed E-state index contributed by atoms with van der Waals surface area (Å²) in [5.74, 6) is -0.854. The van der Waals surface area contributed by atoms with E-state index in [1.54, 1.807) is 25.1 Å². The SMILES string of the molecule is CCOc1cc(/C=C2/NC(=O)N(Cc3ccc(C)cc3)C2=O)cc(I)c1OCC(=O)O. The lowest BCUT2D eigenvalue weighted by Gasteiger charge is -2.14. The summed E-state index contributed by atoms with van der Waals surface area (Å²) in [5.41, 5.74) is 2.70. The Morgan fingerprint density at radius 2 is 1.90 bits per heavy atom. The van der Waals surface area contributed by atoms with Gasteiger partial charge in [0.25, 0.3) is 5.91 Å². The van der Waals surface area contributed by atoms with Gasteiger partial charge in [0.2, 0.25) is 0 Å². The van der Waals surface area contributed by atoms with Crippen molar-refractivity contribution in [2.75, 3.05) is 13.2 Å². The summed E-state index contributed by atoms with van der Waals surface area (Å²) in [6.45, 7) is 3.78. The highest BCUT2D eigenvalue weighted by atomic mass is 127. The molecule has 1 aliphatic rings. The number of ether oxygens (including phenoxy) is 2. The molecule has 162 valence electrons. The molecule has 0 aliphatic carbocycles. The van der Waals surface area contributed by atoms with Crippen molar-refractivity contribution in [1.82, 2.24) is 10.2 Å². The third kappa shape index (κ3) is 5.54. The van der Waals surface area contributed by atoms with Crippen LogP contribution in [0.2, 0.25) is 0 Å². The summed E-state index contributed by atoms with van der Waals surface area (Å²) in [6, 6.07) is 10.5. The van der Waals surface area contributed by atoms with E-state index in [4.69, 9.17) is 14.6 Å². The number of aryl methyl sites for hydroxylation is 1. The molecular weight excluding hydrogens is 515 g/mol. The second-order valence-electron chi connectivity index (χ2n) is 6.81. The van der Waals surface area contributed by atoms with Crippen molar-refractivity contribution in [3.8, 4) is 11.5 Å². The molecule has 1 heterocycles. The van der Waals surface area contributed by atoms with Gasteiger partial charge in [-0.3, -0.25) is 9.69 Å². The third-order valence-corrected chi connectivity index (χ3v) is 5.21. The Kier molecular flexibility index (Phi) is 7.16. The van der Waals surface area contributed by atoms with Crippen LogP contribution in [-0.4, -0.2) is 41.1 Å². The molecule has 0 aromatic heterocycles. The monoisotopic (exact) mass is 536 g/mol. The molecule has 0 spiro atoms. The standard InChI is InChI=1S/C22H21IN2O6/c1-3-30-18-10-15(8-16(23)20(18)31-12-19(26)27)9-17-21(28)25(22(29)24-17)11-14-6-4-13(2)5-7-14/h4-10H,3,11-12H2,1-2H3,(H,24,29)(H,26,27)/b17-9+. The Labute approximate surface area is 193 Å². The van der Waals surface area contributed by atoms with Crippen LogP contribution in [0.15, 0.2) is 42.1 Å². The van der Waals surface area contributed by atoms with Gasteiger partial charge in [-0.05, 0) is 65.8 Å². The summed E-state index contributed by atoms with van der Waals surface area (Å²) >= 11 is 2.01. The Bertz CT molecular complexity index is 1050. The molecule has 8 nitrogen and oxygen atoms in total. The van der Waals surface area contributed by atoms with Crippen LogP contribution in [0.1, 0.15) is 23.6 Å². The van der Waals surface area contributed by atoms with Crippen molar-refractivity contribution < 1.29 is 29.0 Å². The van der Waals surface area contributed by atoms with Gasteiger partial charge in [-0.1, -0.05) is 29.8 Å². The zero-order chi connectivity index (χ0) is 22.5. The summed E-state index contributed by atoms with van der Waals surface area (Å²) in [4.78, 5) is 37.1. The van der Waals surface area contributed by atoms with Crippen LogP contribution in [0.25, 0.3) is 6.08 Å². The highest BCUT2D eigenvalue weighted by molar-refractivity contribution is 14.1. The summed E-state index contributed by atoms with van der Waals surface area (Å²) in [5, 5.41) is 11.5. The topological polar surface area (TPSA) is 105 Å². The molecule has 1 aliphatic heterocycles. The zero-order valence-electron chi connectivity index (χ0n) is 17.0. The van der Waals surface area contributed by atoms with E-state index in [9.17, 15) is 14.4 Å². The molecule has 1 fully saturated rings. The molecule has 0 atom stereocenters. The number of rotatable bonds is 8. The number of nitrogens with zero attached hydrogens (tertiary/aromatic N) is 1. The minimum atomic E-state index is -1.10. The van der Waals surface area contributed by atoms with Gasteiger partial charge >= 0.3 is 12.0 Å².